The molecular weight excluding hydrogens is 298 g/mol. The lowest BCUT2D eigenvalue weighted by molar-refractivity contribution is 0.0739. The number of hydrogen-bond donors (Lipinski definition) is 0. The minimum Gasteiger partial charge on any atom is -0.450 e. The number of fused-ring (bicyclic) bond motifs is 2. The number of thiophene rings is 1. The number of hydrogen-bond acceptors (Lipinski definition) is 4. The van der Waals surface area contributed by atoms with Crippen LogP contribution in [0.3, 0.4) is 0 Å². The van der Waals surface area contributed by atoms with Crippen LogP contribution in [0.15, 0.2) is 51.0 Å². The second-order valence-electron chi connectivity index (χ2n) is 5.18. The van der Waals surface area contributed by atoms with Crippen molar-refractivity contribution in [2.75, 3.05) is 6.54 Å². The van der Waals surface area contributed by atoms with E-state index in [1.807, 2.05) is 24.4 Å². The van der Waals surface area contributed by atoms with E-state index in [0.717, 1.165) is 4.88 Å². The van der Waals surface area contributed by atoms with Crippen molar-refractivity contribution in [3.05, 3.63) is 68.2 Å². The molecule has 1 aromatic carbocycles. The molecular formula is C17H13NO3S. The van der Waals surface area contributed by atoms with Crippen LogP contribution in [-0.4, -0.2) is 17.4 Å². The van der Waals surface area contributed by atoms with Crippen molar-refractivity contribution in [1.82, 2.24) is 4.90 Å². The van der Waals surface area contributed by atoms with Gasteiger partial charge in [0.2, 0.25) is 5.76 Å². The van der Waals surface area contributed by atoms with Gasteiger partial charge in [0.1, 0.15) is 5.58 Å². The summed E-state index contributed by atoms with van der Waals surface area (Å²) in [4.78, 5) is 28.2. The Labute approximate surface area is 130 Å². The highest BCUT2D eigenvalue weighted by molar-refractivity contribution is 7.10. The Hall–Kier alpha value is -2.40. The van der Waals surface area contributed by atoms with Gasteiger partial charge in [-0.25, -0.2) is 0 Å². The van der Waals surface area contributed by atoms with E-state index in [4.69, 9.17) is 4.42 Å². The van der Waals surface area contributed by atoms with Gasteiger partial charge >= 0.3 is 0 Å². The predicted octanol–water partition coefficient (Wildman–Crippen LogP) is 3.42. The molecule has 0 N–H and O–H groups in total. The maximum atomic E-state index is 12.9. The first kappa shape index (κ1) is 13.3. The number of carbonyl (C=O) groups excluding carboxylic acids is 1. The third-order valence-electron chi connectivity index (χ3n) is 4.03. The van der Waals surface area contributed by atoms with Crippen LogP contribution >= 0.6 is 11.3 Å². The maximum absolute atomic E-state index is 12.9. The zero-order valence-corrected chi connectivity index (χ0v) is 12.7. The van der Waals surface area contributed by atoms with Crippen LogP contribution < -0.4 is 5.43 Å². The number of rotatable bonds is 2. The molecule has 2 aromatic heterocycles. The zero-order chi connectivity index (χ0) is 15.3. The highest BCUT2D eigenvalue weighted by Crippen LogP contribution is 2.39. The monoisotopic (exact) mass is 311 g/mol. The Morgan fingerprint density at radius 1 is 1.18 bits per heavy atom. The van der Waals surface area contributed by atoms with Crippen molar-refractivity contribution in [1.29, 1.82) is 0 Å². The van der Waals surface area contributed by atoms with Crippen molar-refractivity contribution in [2.45, 2.75) is 13.0 Å². The Morgan fingerprint density at radius 3 is 2.73 bits per heavy atom. The molecule has 0 saturated carbocycles. The molecule has 3 heterocycles. The van der Waals surface area contributed by atoms with Gasteiger partial charge in [-0.05, 0) is 30.5 Å². The molecule has 22 heavy (non-hydrogen) atoms. The summed E-state index contributed by atoms with van der Waals surface area (Å²) in [5, 5.41) is 2.47. The van der Waals surface area contributed by atoms with E-state index < -0.39 is 0 Å². The molecule has 4 nitrogen and oxygen atoms in total. The van der Waals surface area contributed by atoms with E-state index >= 15 is 0 Å². The third kappa shape index (κ3) is 1.69. The Morgan fingerprint density at radius 2 is 2.00 bits per heavy atom. The van der Waals surface area contributed by atoms with E-state index in [1.54, 1.807) is 40.5 Å². The average molecular weight is 311 g/mol. The Kier molecular flexibility index (Phi) is 2.90. The van der Waals surface area contributed by atoms with Gasteiger partial charge in [0.15, 0.2) is 5.43 Å². The van der Waals surface area contributed by atoms with Gasteiger partial charge in [0.25, 0.3) is 5.91 Å². The molecule has 4 rings (SSSR count). The highest BCUT2D eigenvalue weighted by Gasteiger charge is 2.42. The van der Waals surface area contributed by atoms with Gasteiger partial charge in [-0.2, -0.15) is 0 Å². The summed E-state index contributed by atoms with van der Waals surface area (Å²) in [5.41, 5.74) is 0.815. The largest absolute Gasteiger partial charge is 0.450 e. The third-order valence-corrected chi connectivity index (χ3v) is 4.95. The van der Waals surface area contributed by atoms with Crippen molar-refractivity contribution in [2.24, 2.45) is 0 Å². The molecule has 1 aliphatic rings. The van der Waals surface area contributed by atoms with Crippen LogP contribution in [-0.2, 0) is 0 Å². The van der Waals surface area contributed by atoms with Crippen LogP contribution in [0.25, 0.3) is 11.0 Å². The van der Waals surface area contributed by atoms with Crippen molar-refractivity contribution >= 4 is 28.2 Å². The zero-order valence-electron chi connectivity index (χ0n) is 11.9. The quantitative estimate of drug-likeness (QED) is 0.728. The summed E-state index contributed by atoms with van der Waals surface area (Å²) in [7, 11) is 0. The van der Waals surface area contributed by atoms with E-state index in [0.29, 0.717) is 23.1 Å². The van der Waals surface area contributed by atoms with Crippen LogP contribution in [0.4, 0.5) is 0 Å². The molecule has 1 aliphatic heterocycles. The first-order chi connectivity index (χ1) is 10.7. The fourth-order valence-electron chi connectivity index (χ4n) is 3.04. The van der Waals surface area contributed by atoms with E-state index in [-0.39, 0.29) is 23.1 Å². The smallest absolute Gasteiger partial charge is 0.290 e. The minimum atomic E-state index is -0.339. The molecule has 110 valence electrons. The van der Waals surface area contributed by atoms with Gasteiger partial charge in [0, 0.05) is 11.4 Å². The molecule has 0 spiro atoms. The van der Waals surface area contributed by atoms with Crippen molar-refractivity contribution < 1.29 is 9.21 Å². The Balaban J connectivity index is 2.07. The minimum absolute atomic E-state index is 0.112. The topological polar surface area (TPSA) is 50.5 Å². The molecule has 0 radical (unpaired) electrons. The fourth-order valence-corrected chi connectivity index (χ4v) is 3.88. The summed E-state index contributed by atoms with van der Waals surface area (Å²) in [5.74, 6) is -0.0253. The normalized spacial score (nSPS) is 17.2. The number of amides is 1. The summed E-state index contributed by atoms with van der Waals surface area (Å²) in [6, 6.07) is 10.6. The number of nitrogens with zero attached hydrogens (tertiary/aromatic N) is 1. The molecule has 0 aliphatic carbocycles. The summed E-state index contributed by atoms with van der Waals surface area (Å²) >= 11 is 1.54. The average Bonchev–Trinajstić information content (AvgIpc) is 3.14. The van der Waals surface area contributed by atoms with Crippen molar-refractivity contribution in [3.8, 4) is 0 Å². The summed E-state index contributed by atoms with van der Waals surface area (Å²) < 4.78 is 5.77. The summed E-state index contributed by atoms with van der Waals surface area (Å²) in [6.07, 6.45) is 0. The standard InChI is InChI=1S/C17H13NO3S/c1-2-18-14(12-8-5-9-22-12)13-15(19)10-6-3-4-7-11(10)21-16(13)17(18)20/h3-9,14H,2H2,1H3. The second-order valence-corrected chi connectivity index (χ2v) is 6.16. The molecule has 0 fully saturated rings. The van der Waals surface area contributed by atoms with E-state index in [2.05, 4.69) is 0 Å². The van der Waals surface area contributed by atoms with Crippen molar-refractivity contribution in [3.63, 3.8) is 0 Å². The maximum Gasteiger partial charge on any atom is 0.290 e. The lowest BCUT2D eigenvalue weighted by Crippen LogP contribution is -2.28. The van der Waals surface area contributed by atoms with Gasteiger partial charge in [-0.15, -0.1) is 11.3 Å². The molecule has 1 atom stereocenters. The van der Waals surface area contributed by atoms with E-state index in [1.165, 1.54) is 0 Å². The predicted molar refractivity (Wildman–Crippen MR) is 85.4 cm³/mol. The lowest BCUT2D eigenvalue weighted by atomic mass is 10.0. The fraction of sp³-hybridized carbons (Fsp3) is 0.176. The van der Waals surface area contributed by atoms with Gasteiger partial charge in [-0.3, -0.25) is 9.59 Å². The van der Waals surface area contributed by atoms with Gasteiger partial charge in [0.05, 0.1) is 17.0 Å². The second kappa shape index (κ2) is 4.81. The Bertz CT molecular complexity index is 927. The molecule has 0 saturated heterocycles. The van der Waals surface area contributed by atoms with Crippen LogP contribution in [0.2, 0.25) is 0 Å². The van der Waals surface area contributed by atoms with E-state index in [9.17, 15) is 9.59 Å². The number of benzene rings is 1. The SMILES string of the molecule is CCN1C(=O)c2oc3ccccc3c(=O)c2C1c1cccs1. The number of para-hydroxylation sites is 1. The first-order valence-corrected chi connectivity index (χ1v) is 8.00. The molecule has 5 heteroatoms. The lowest BCUT2D eigenvalue weighted by Gasteiger charge is -2.21. The van der Waals surface area contributed by atoms with Crippen LogP contribution in [0.1, 0.15) is 34.0 Å². The number of carbonyl (C=O) groups is 1. The van der Waals surface area contributed by atoms with Crippen LogP contribution in [0, 0.1) is 0 Å². The first-order valence-electron chi connectivity index (χ1n) is 7.12. The molecule has 3 aromatic rings. The molecule has 0 bridgehead atoms. The molecule has 1 amide bonds. The summed E-state index contributed by atoms with van der Waals surface area (Å²) in [6.45, 7) is 2.44. The molecule has 1 unspecified atom stereocenters. The van der Waals surface area contributed by atoms with Crippen LogP contribution in [0.5, 0.6) is 0 Å². The van der Waals surface area contributed by atoms with Gasteiger partial charge in [-0.1, -0.05) is 18.2 Å². The highest BCUT2D eigenvalue weighted by atomic mass is 32.1. The van der Waals surface area contributed by atoms with Gasteiger partial charge < -0.3 is 9.32 Å².